The molecule has 0 unspecified atom stereocenters. The summed E-state index contributed by atoms with van der Waals surface area (Å²) >= 11 is 0. The summed E-state index contributed by atoms with van der Waals surface area (Å²) in [6.45, 7) is 9.27. The molecule has 0 amide bonds. The van der Waals surface area contributed by atoms with Gasteiger partial charge in [0.05, 0.1) is 14.2 Å². The third kappa shape index (κ3) is 7.05. The van der Waals surface area contributed by atoms with Gasteiger partial charge in [0.15, 0.2) is 17.5 Å². The lowest BCUT2D eigenvalue weighted by atomic mass is 10.2. The molecule has 0 aromatic heterocycles. The van der Waals surface area contributed by atoms with E-state index in [-0.39, 0.29) is 0 Å². The van der Waals surface area contributed by atoms with Crippen LogP contribution in [0.4, 0.5) is 11.4 Å². The molecule has 0 bridgehead atoms. The van der Waals surface area contributed by atoms with Crippen LogP contribution in [0.2, 0.25) is 0 Å². The van der Waals surface area contributed by atoms with Crippen molar-refractivity contribution in [2.24, 2.45) is 4.99 Å². The summed E-state index contributed by atoms with van der Waals surface area (Å²) in [4.78, 5) is 9.78. The Labute approximate surface area is 192 Å². The molecule has 7 nitrogen and oxygen atoms in total. The summed E-state index contributed by atoms with van der Waals surface area (Å²) in [5.41, 5.74) is 2.25. The van der Waals surface area contributed by atoms with Gasteiger partial charge in [-0.2, -0.15) is 0 Å². The summed E-state index contributed by atoms with van der Waals surface area (Å²) in [7, 11) is 3.28. The molecule has 0 aliphatic carbocycles. The van der Waals surface area contributed by atoms with Crippen molar-refractivity contribution in [1.82, 2.24) is 10.2 Å². The number of para-hydroxylation sites is 1. The van der Waals surface area contributed by atoms with Crippen LogP contribution in [0.3, 0.4) is 0 Å². The first kappa shape index (κ1) is 23.7. The van der Waals surface area contributed by atoms with Crippen LogP contribution in [0.15, 0.2) is 53.5 Å². The number of hydrogen-bond acceptors (Lipinski definition) is 5. The second-order valence-corrected chi connectivity index (χ2v) is 7.83. The van der Waals surface area contributed by atoms with Gasteiger partial charge in [-0.05, 0) is 50.6 Å². The van der Waals surface area contributed by atoms with Gasteiger partial charge < -0.3 is 25.0 Å². The van der Waals surface area contributed by atoms with Crippen molar-refractivity contribution in [2.45, 2.75) is 19.8 Å². The topological polar surface area (TPSA) is 61.4 Å². The van der Waals surface area contributed by atoms with Crippen LogP contribution >= 0.6 is 0 Å². The zero-order valence-corrected chi connectivity index (χ0v) is 19.6. The third-order valence-corrected chi connectivity index (χ3v) is 5.64. The van der Waals surface area contributed by atoms with Gasteiger partial charge in [-0.3, -0.25) is 9.89 Å². The largest absolute Gasteiger partial charge is 0.493 e. The van der Waals surface area contributed by atoms with Gasteiger partial charge in [0.25, 0.3) is 0 Å². The standard InChI is InChI=1S/C25H37N5O2/c1-4-26-25(28-21-12-13-23(31-2)24(20-21)32-3)27-14-8-9-15-29-16-18-30(19-17-29)22-10-6-5-7-11-22/h5-7,10-13,20H,4,8-9,14-19H2,1-3H3,(H2,26,27,28). The van der Waals surface area contributed by atoms with Crippen molar-refractivity contribution in [3.8, 4) is 11.5 Å². The van der Waals surface area contributed by atoms with Crippen molar-refractivity contribution >= 4 is 17.3 Å². The highest BCUT2D eigenvalue weighted by atomic mass is 16.5. The summed E-state index contributed by atoms with van der Waals surface area (Å²) in [6.07, 6.45) is 2.23. The maximum Gasteiger partial charge on any atom is 0.195 e. The molecule has 1 heterocycles. The molecule has 1 aliphatic rings. The minimum atomic E-state index is 0.695. The van der Waals surface area contributed by atoms with Crippen molar-refractivity contribution < 1.29 is 9.47 Å². The number of guanidine groups is 1. The number of unbranched alkanes of at least 4 members (excludes halogenated alkanes) is 1. The number of rotatable bonds is 10. The van der Waals surface area contributed by atoms with Crippen LogP contribution in [-0.2, 0) is 0 Å². The van der Waals surface area contributed by atoms with Crippen LogP contribution in [0.5, 0.6) is 11.5 Å². The molecule has 2 aromatic carbocycles. The predicted molar refractivity (Wildman–Crippen MR) is 133 cm³/mol. The molecule has 32 heavy (non-hydrogen) atoms. The number of nitrogens with zero attached hydrogens (tertiary/aromatic N) is 3. The molecule has 0 atom stereocenters. The predicted octanol–water partition coefficient (Wildman–Crippen LogP) is 3.68. The van der Waals surface area contributed by atoms with E-state index in [0.717, 1.165) is 70.3 Å². The fraction of sp³-hybridized carbons (Fsp3) is 0.480. The van der Waals surface area contributed by atoms with Gasteiger partial charge in [-0.1, -0.05) is 18.2 Å². The number of nitrogens with one attached hydrogen (secondary N) is 2. The lowest BCUT2D eigenvalue weighted by Crippen LogP contribution is -2.46. The summed E-state index contributed by atoms with van der Waals surface area (Å²) in [6, 6.07) is 16.5. The Morgan fingerprint density at radius 3 is 2.38 bits per heavy atom. The second-order valence-electron chi connectivity index (χ2n) is 7.83. The number of aliphatic imine (C=N–C) groups is 1. The Bertz CT molecular complexity index is 835. The van der Waals surface area contributed by atoms with Crippen LogP contribution in [0.1, 0.15) is 19.8 Å². The van der Waals surface area contributed by atoms with Gasteiger partial charge in [0, 0.05) is 56.7 Å². The molecule has 7 heteroatoms. The molecule has 2 N–H and O–H groups in total. The number of anilines is 2. The summed E-state index contributed by atoms with van der Waals surface area (Å²) in [5.74, 6) is 2.20. The average Bonchev–Trinajstić information content (AvgIpc) is 2.84. The lowest BCUT2D eigenvalue weighted by molar-refractivity contribution is 0.253. The minimum absolute atomic E-state index is 0.695. The van der Waals surface area contributed by atoms with Crippen molar-refractivity contribution in [3.63, 3.8) is 0 Å². The van der Waals surface area contributed by atoms with Gasteiger partial charge >= 0.3 is 0 Å². The van der Waals surface area contributed by atoms with Crippen molar-refractivity contribution in [3.05, 3.63) is 48.5 Å². The minimum Gasteiger partial charge on any atom is -0.493 e. The van der Waals surface area contributed by atoms with Gasteiger partial charge in [0.2, 0.25) is 0 Å². The Morgan fingerprint density at radius 1 is 0.938 bits per heavy atom. The van der Waals surface area contributed by atoms with E-state index in [1.807, 2.05) is 18.2 Å². The Hall–Kier alpha value is -2.93. The number of hydrogen-bond donors (Lipinski definition) is 2. The molecule has 174 valence electrons. The fourth-order valence-electron chi connectivity index (χ4n) is 3.86. The maximum atomic E-state index is 5.39. The second kappa shape index (κ2) is 12.8. The quantitative estimate of drug-likeness (QED) is 0.335. The molecular weight excluding hydrogens is 402 g/mol. The van der Waals surface area contributed by atoms with Gasteiger partial charge in [0.1, 0.15) is 0 Å². The van der Waals surface area contributed by atoms with Gasteiger partial charge in [-0.15, -0.1) is 0 Å². The Morgan fingerprint density at radius 2 is 1.69 bits per heavy atom. The van der Waals surface area contributed by atoms with E-state index in [4.69, 9.17) is 14.5 Å². The molecule has 0 spiro atoms. The lowest BCUT2D eigenvalue weighted by Gasteiger charge is -2.36. The number of benzene rings is 2. The van der Waals surface area contributed by atoms with E-state index >= 15 is 0 Å². The monoisotopic (exact) mass is 439 g/mol. The first-order valence-electron chi connectivity index (χ1n) is 11.5. The Balaban J connectivity index is 1.40. The zero-order chi connectivity index (χ0) is 22.6. The fourth-order valence-corrected chi connectivity index (χ4v) is 3.86. The van der Waals surface area contributed by atoms with Crippen LogP contribution in [0, 0.1) is 0 Å². The molecule has 0 saturated carbocycles. The number of ether oxygens (including phenoxy) is 2. The molecule has 1 fully saturated rings. The summed E-state index contributed by atoms with van der Waals surface area (Å²) in [5, 5.41) is 6.66. The van der Waals surface area contributed by atoms with E-state index in [2.05, 4.69) is 57.7 Å². The molecule has 1 saturated heterocycles. The Kier molecular flexibility index (Phi) is 9.50. The smallest absolute Gasteiger partial charge is 0.195 e. The molecule has 2 aromatic rings. The van der Waals surface area contributed by atoms with E-state index in [1.54, 1.807) is 14.2 Å². The number of piperazine rings is 1. The highest BCUT2D eigenvalue weighted by Gasteiger charge is 2.16. The summed E-state index contributed by atoms with van der Waals surface area (Å²) < 4.78 is 10.7. The molecule has 0 radical (unpaired) electrons. The highest BCUT2D eigenvalue weighted by molar-refractivity contribution is 5.93. The first-order chi connectivity index (χ1) is 15.7. The molecule has 1 aliphatic heterocycles. The van der Waals surface area contributed by atoms with Crippen LogP contribution in [0.25, 0.3) is 0 Å². The SMILES string of the molecule is CCNC(=NCCCCN1CCN(c2ccccc2)CC1)Nc1ccc(OC)c(OC)c1. The van der Waals surface area contributed by atoms with Crippen LogP contribution in [-0.4, -0.2) is 70.9 Å². The highest BCUT2D eigenvalue weighted by Crippen LogP contribution is 2.29. The van der Waals surface area contributed by atoms with E-state index in [9.17, 15) is 0 Å². The van der Waals surface area contributed by atoms with Gasteiger partial charge in [-0.25, -0.2) is 0 Å². The maximum absolute atomic E-state index is 5.39. The zero-order valence-electron chi connectivity index (χ0n) is 19.6. The van der Waals surface area contributed by atoms with E-state index in [1.165, 1.54) is 5.69 Å². The van der Waals surface area contributed by atoms with Crippen LogP contribution < -0.4 is 25.0 Å². The average molecular weight is 440 g/mol. The number of methoxy groups -OCH3 is 2. The van der Waals surface area contributed by atoms with E-state index < -0.39 is 0 Å². The van der Waals surface area contributed by atoms with E-state index in [0.29, 0.717) is 11.5 Å². The molecule has 3 rings (SSSR count). The first-order valence-corrected chi connectivity index (χ1v) is 11.5. The van der Waals surface area contributed by atoms with Crippen molar-refractivity contribution in [2.75, 3.05) is 70.2 Å². The van der Waals surface area contributed by atoms with Crippen molar-refractivity contribution in [1.29, 1.82) is 0 Å². The normalized spacial score (nSPS) is 14.8. The molecular formula is C25H37N5O2. The third-order valence-electron chi connectivity index (χ3n) is 5.64.